The van der Waals surface area contributed by atoms with Crippen LogP contribution >= 0.6 is 11.6 Å². The maximum atomic E-state index is 12.6. The SMILES string of the molecule is Cc1cc(C(=O)Cl)cc(C(F)(F)F)c1C(F)(F)F. The van der Waals surface area contributed by atoms with Crippen molar-refractivity contribution in [1.29, 1.82) is 0 Å². The van der Waals surface area contributed by atoms with Crippen LogP contribution in [0.3, 0.4) is 0 Å². The third-order valence-electron chi connectivity index (χ3n) is 2.15. The minimum Gasteiger partial charge on any atom is -0.276 e. The second kappa shape index (κ2) is 4.46. The molecule has 1 aromatic rings. The molecule has 0 fully saturated rings. The lowest BCUT2D eigenvalue weighted by Crippen LogP contribution is -2.19. The fourth-order valence-corrected chi connectivity index (χ4v) is 1.61. The Balaban J connectivity index is 3.67. The molecule has 0 aromatic heterocycles. The first-order valence-corrected chi connectivity index (χ1v) is 4.81. The number of rotatable bonds is 1. The molecule has 0 saturated heterocycles. The van der Waals surface area contributed by atoms with Crippen LogP contribution in [-0.2, 0) is 12.4 Å². The summed E-state index contributed by atoms with van der Waals surface area (Å²) in [6.07, 6.45) is -10.4. The van der Waals surface area contributed by atoms with Crippen LogP contribution in [0.1, 0.15) is 27.0 Å². The van der Waals surface area contributed by atoms with E-state index in [1.165, 1.54) is 0 Å². The van der Waals surface area contributed by atoms with E-state index in [0.29, 0.717) is 6.07 Å². The zero-order chi connectivity index (χ0) is 14.3. The molecule has 0 atom stereocenters. The summed E-state index contributed by atoms with van der Waals surface area (Å²) < 4.78 is 75.3. The molecule has 0 radical (unpaired) electrons. The Hall–Kier alpha value is -1.24. The zero-order valence-electron chi connectivity index (χ0n) is 8.71. The minimum absolute atomic E-state index is 0.102. The monoisotopic (exact) mass is 290 g/mol. The number of hydrogen-bond donors (Lipinski definition) is 0. The molecule has 0 bridgehead atoms. The second-order valence-electron chi connectivity index (χ2n) is 3.48. The summed E-state index contributed by atoms with van der Waals surface area (Å²) in [7, 11) is 0. The molecule has 1 nitrogen and oxygen atoms in total. The molecule has 1 aromatic carbocycles. The largest absolute Gasteiger partial charge is 0.417 e. The van der Waals surface area contributed by atoms with Gasteiger partial charge in [-0.15, -0.1) is 0 Å². The van der Waals surface area contributed by atoms with Gasteiger partial charge >= 0.3 is 12.4 Å². The van der Waals surface area contributed by atoms with E-state index < -0.39 is 39.8 Å². The van der Waals surface area contributed by atoms with Crippen LogP contribution < -0.4 is 0 Å². The molecule has 0 aliphatic rings. The second-order valence-corrected chi connectivity index (χ2v) is 3.83. The Morgan fingerprint density at radius 1 is 1.06 bits per heavy atom. The topological polar surface area (TPSA) is 17.1 Å². The average Bonchev–Trinajstić information content (AvgIpc) is 2.12. The molecule has 0 aliphatic heterocycles. The number of aryl methyl sites for hydroxylation is 1. The first-order chi connectivity index (χ1) is 7.94. The van der Waals surface area contributed by atoms with E-state index in [4.69, 9.17) is 11.6 Å². The summed E-state index contributed by atoms with van der Waals surface area (Å²) in [6.45, 7) is 0.835. The number of carbonyl (C=O) groups is 1. The fourth-order valence-electron chi connectivity index (χ4n) is 1.50. The van der Waals surface area contributed by atoms with Gasteiger partial charge in [-0.3, -0.25) is 4.79 Å². The van der Waals surface area contributed by atoms with Crippen molar-refractivity contribution in [2.24, 2.45) is 0 Å². The van der Waals surface area contributed by atoms with Crippen molar-refractivity contribution in [3.05, 3.63) is 34.4 Å². The Bertz CT molecular complexity index is 488. The van der Waals surface area contributed by atoms with Crippen LogP contribution in [0.15, 0.2) is 12.1 Å². The van der Waals surface area contributed by atoms with Gasteiger partial charge in [0, 0.05) is 5.56 Å². The lowest BCUT2D eigenvalue weighted by Gasteiger charge is -2.18. The summed E-state index contributed by atoms with van der Waals surface area (Å²) >= 11 is 4.98. The van der Waals surface area contributed by atoms with E-state index in [-0.39, 0.29) is 6.07 Å². The van der Waals surface area contributed by atoms with E-state index in [2.05, 4.69) is 0 Å². The molecular weight excluding hydrogens is 286 g/mol. The van der Waals surface area contributed by atoms with Gasteiger partial charge in [0.2, 0.25) is 0 Å². The van der Waals surface area contributed by atoms with Gasteiger partial charge in [-0.25, -0.2) is 0 Å². The molecule has 100 valence electrons. The van der Waals surface area contributed by atoms with Crippen molar-refractivity contribution in [3.8, 4) is 0 Å². The van der Waals surface area contributed by atoms with E-state index >= 15 is 0 Å². The summed E-state index contributed by atoms with van der Waals surface area (Å²) in [5.74, 6) is 0. The quantitative estimate of drug-likeness (QED) is 0.553. The van der Waals surface area contributed by atoms with Crippen molar-refractivity contribution in [2.45, 2.75) is 19.3 Å². The molecule has 0 spiro atoms. The van der Waals surface area contributed by atoms with Gasteiger partial charge in [0.15, 0.2) is 0 Å². The van der Waals surface area contributed by atoms with Gasteiger partial charge in [0.1, 0.15) is 0 Å². The van der Waals surface area contributed by atoms with Crippen LogP contribution in [-0.4, -0.2) is 5.24 Å². The van der Waals surface area contributed by atoms with Crippen molar-refractivity contribution >= 4 is 16.8 Å². The first-order valence-electron chi connectivity index (χ1n) is 4.43. The molecule has 0 saturated carbocycles. The number of hydrogen-bond acceptors (Lipinski definition) is 1. The van der Waals surface area contributed by atoms with Crippen molar-refractivity contribution in [3.63, 3.8) is 0 Å². The van der Waals surface area contributed by atoms with Gasteiger partial charge in [-0.05, 0) is 36.2 Å². The molecule has 0 heterocycles. The maximum Gasteiger partial charge on any atom is 0.417 e. The molecule has 0 amide bonds. The van der Waals surface area contributed by atoms with Crippen LogP contribution in [0.5, 0.6) is 0 Å². The lowest BCUT2D eigenvalue weighted by atomic mass is 9.98. The molecule has 1 rings (SSSR count). The van der Waals surface area contributed by atoms with Gasteiger partial charge in [0.05, 0.1) is 11.1 Å². The highest BCUT2D eigenvalue weighted by molar-refractivity contribution is 6.67. The third kappa shape index (κ3) is 2.95. The Morgan fingerprint density at radius 3 is 1.89 bits per heavy atom. The lowest BCUT2D eigenvalue weighted by molar-refractivity contribution is -0.162. The van der Waals surface area contributed by atoms with Gasteiger partial charge in [0.25, 0.3) is 5.24 Å². The molecule has 18 heavy (non-hydrogen) atoms. The van der Waals surface area contributed by atoms with E-state index in [0.717, 1.165) is 6.92 Å². The van der Waals surface area contributed by atoms with E-state index in [1.807, 2.05) is 0 Å². The van der Waals surface area contributed by atoms with Crippen molar-refractivity contribution in [2.75, 3.05) is 0 Å². The van der Waals surface area contributed by atoms with Crippen molar-refractivity contribution in [1.82, 2.24) is 0 Å². The smallest absolute Gasteiger partial charge is 0.276 e. The summed E-state index contributed by atoms with van der Waals surface area (Å²) in [6, 6.07) is 0.776. The van der Waals surface area contributed by atoms with Gasteiger partial charge in [-0.1, -0.05) is 0 Å². The Labute approximate surface area is 102 Å². The maximum absolute atomic E-state index is 12.6. The molecular formula is C10H5ClF6O. The average molecular weight is 291 g/mol. The molecule has 0 unspecified atom stereocenters. The number of benzene rings is 1. The Morgan fingerprint density at radius 2 is 1.56 bits per heavy atom. The van der Waals surface area contributed by atoms with Crippen LogP contribution in [0.25, 0.3) is 0 Å². The predicted octanol–water partition coefficient (Wildman–Crippen LogP) is 4.41. The normalized spacial score (nSPS) is 12.7. The highest BCUT2D eigenvalue weighted by Gasteiger charge is 2.44. The fraction of sp³-hybridized carbons (Fsp3) is 0.300. The van der Waals surface area contributed by atoms with Crippen LogP contribution in [0, 0.1) is 6.92 Å². The van der Waals surface area contributed by atoms with Gasteiger partial charge in [-0.2, -0.15) is 26.3 Å². The van der Waals surface area contributed by atoms with Crippen LogP contribution in [0.2, 0.25) is 0 Å². The number of carbonyl (C=O) groups excluding carboxylic acids is 1. The van der Waals surface area contributed by atoms with Gasteiger partial charge < -0.3 is 0 Å². The molecule has 8 heteroatoms. The molecule has 0 aliphatic carbocycles. The predicted molar refractivity (Wildman–Crippen MR) is 51.4 cm³/mol. The van der Waals surface area contributed by atoms with Crippen LogP contribution in [0.4, 0.5) is 26.3 Å². The number of halogens is 7. The van der Waals surface area contributed by atoms with E-state index in [9.17, 15) is 31.1 Å². The van der Waals surface area contributed by atoms with E-state index in [1.54, 1.807) is 0 Å². The number of alkyl halides is 6. The summed E-state index contributed by atoms with van der Waals surface area (Å²) in [4.78, 5) is 10.8. The first kappa shape index (κ1) is 14.8. The highest BCUT2D eigenvalue weighted by atomic mass is 35.5. The minimum atomic E-state index is -5.22. The highest BCUT2D eigenvalue weighted by Crippen LogP contribution is 2.42. The summed E-state index contributed by atoms with van der Waals surface area (Å²) in [5, 5.41) is -1.25. The van der Waals surface area contributed by atoms with Crippen molar-refractivity contribution < 1.29 is 31.1 Å². The zero-order valence-corrected chi connectivity index (χ0v) is 9.46. The standard InChI is InChI=1S/C10H5ClF6O/c1-4-2-5(8(11)18)3-6(9(12,13)14)7(4)10(15,16)17/h2-3H,1H3. The third-order valence-corrected chi connectivity index (χ3v) is 2.37. The Kier molecular flexibility index (Phi) is 3.67. The summed E-state index contributed by atoms with van der Waals surface area (Å²) in [5.41, 5.74) is -5.06. The molecule has 0 N–H and O–H groups in total.